The normalized spacial score (nSPS) is 27.1. The first-order valence-corrected chi connectivity index (χ1v) is 6.61. The van der Waals surface area contributed by atoms with E-state index in [-0.39, 0.29) is 11.7 Å². The fourth-order valence-electron chi connectivity index (χ4n) is 1.65. The Bertz CT molecular complexity index is 244. The van der Waals surface area contributed by atoms with Gasteiger partial charge in [0.05, 0.1) is 11.9 Å². The first-order chi connectivity index (χ1) is 5.99. The van der Waals surface area contributed by atoms with Gasteiger partial charge in [-0.15, -0.1) is 0 Å². The number of sulfone groups is 1. The number of rotatable bonds is 3. The molecule has 0 spiro atoms. The monoisotopic (exact) mass is 207 g/mol. The summed E-state index contributed by atoms with van der Waals surface area (Å²) in [6.07, 6.45) is 2.39. The fraction of sp³-hybridized carbons (Fsp3) is 1.00. The first kappa shape index (κ1) is 10.9. The fourth-order valence-corrected chi connectivity index (χ4v) is 2.55. The Morgan fingerprint density at radius 3 is 2.77 bits per heavy atom. The predicted octanol–water partition coefficient (Wildman–Crippen LogP) is -0.608. The summed E-state index contributed by atoms with van der Waals surface area (Å²) in [7, 11) is -3.05. The molecule has 0 aliphatic carbocycles. The van der Waals surface area contributed by atoms with Gasteiger partial charge in [-0.3, -0.25) is 0 Å². The Morgan fingerprint density at radius 1 is 1.62 bits per heavy atom. The van der Waals surface area contributed by atoms with Crippen molar-refractivity contribution in [3.8, 4) is 0 Å². The molecule has 1 saturated heterocycles. The van der Waals surface area contributed by atoms with Crippen LogP contribution in [0.5, 0.6) is 0 Å². The third kappa shape index (κ3) is 4.06. The quantitative estimate of drug-likeness (QED) is 0.648. The third-order valence-electron chi connectivity index (χ3n) is 2.35. The van der Waals surface area contributed by atoms with Gasteiger partial charge in [0.1, 0.15) is 9.84 Å². The van der Waals surface area contributed by atoms with Crippen molar-refractivity contribution >= 4 is 9.84 Å². The highest BCUT2D eigenvalue weighted by Gasteiger charge is 2.24. The maximum atomic E-state index is 10.9. The van der Waals surface area contributed by atoms with Crippen molar-refractivity contribution in [1.29, 1.82) is 0 Å². The van der Waals surface area contributed by atoms with E-state index in [1.807, 2.05) is 0 Å². The number of piperidine rings is 1. The van der Waals surface area contributed by atoms with E-state index in [0.717, 1.165) is 32.2 Å². The third-order valence-corrected chi connectivity index (χ3v) is 3.30. The summed E-state index contributed by atoms with van der Waals surface area (Å²) in [5, 5.41) is 12.7. The minimum Gasteiger partial charge on any atom is -0.392 e. The van der Waals surface area contributed by atoms with Gasteiger partial charge in [-0.05, 0) is 25.3 Å². The molecule has 0 unspecified atom stereocenters. The number of aliphatic hydroxyl groups is 1. The SMILES string of the molecule is CS(=O)(=O)C[C@@H](O)[C@H]1CCCNC1. The molecular formula is C8H17NO3S. The molecule has 78 valence electrons. The van der Waals surface area contributed by atoms with Crippen LogP contribution in [0, 0.1) is 5.92 Å². The first-order valence-electron chi connectivity index (χ1n) is 4.55. The van der Waals surface area contributed by atoms with E-state index < -0.39 is 15.9 Å². The Hall–Kier alpha value is -0.130. The van der Waals surface area contributed by atoms with Crippen LogP contribution in [0.3, 0.4) is 0 Å². The molecule has 2 N–H and O–H groups in total. The summed E-state index contributed by atoms with van der Waals surface area (Å²) in [6.45, 7) is 1.71. The van der Waals surface area contributed by atoms with Gasteiger partial charge >= 0.3 is 0 Å². The maximum absolute atomic E-state index is 10.9. The van der Waals surface area contributed by atoms with E-state index >= 15 is 0 Å². The van der Waals surface area contributed by atoms with E-state index in [0.29, 0.717) is 0 Å². The van der Waals surface area contributed by atoms with E-state index in [1.54, 1.807) is 0 Å². The molecule has 2 atom stereocenters. The summed E-state index contributed by atoms with van der Waals surface area (Å²) in [4.78, 5) is 0. The van der Waals surface area contributed by atoms with Crippen molar-refractivity contribution < 1.29 is 13.5 Å². The largest absolute Gasteiger partial charge is 0.392 e. The second kappa shape index (κ2) is 4.39. The van der Waals surface area contributed by atoms with E-state index in [4.69, 9.17) is 0 Å². The predicted molar refractivity (Wildman–Crippen MR) is 51.3 cm³/mol. The lowest BCUT2D eigenvalue weighted by Gasteiger charge is -2.26. The number of hydrogen-bond donors (Lipinski definition) is 2. The zero-order valence-corrected chi connectivity index (χ0v) is 8.68. The molecule has 0 amide bonds. The van der Waals surface area contributed by atoms with Crippen molar-refractivity contribution in [3.05, 3.63) is 0 Å². The van der Waals surface area contributed by atoms with Gasteiger partial charge in [-0.25, -0.2) is 8.42 Å². The van der Waals surface area contributed by atoms with Gasteiger partial charge in [0, 0.05) is 12.8 Å². The lowest BCUT2D eigenvalue weighted by atomic mass is 9.95. The minimum absolute atomic E-state index is 0.100. The molecule has 1 fully saturated rings. The van der Waals surface area contributed by atoms with Gasteiger partial charge in [0.2, 0.25) is 0 Å². The van der Waals surface area contributed by atoms with E-state index in [9.17, 15) is 13.5 Å². The van der Waals surface area contributed by atoms with Crippen LogP contribution in [-0.4, -0.2) is 44.7 Å². The number of hydrogen-bond acceptors (Lipinski definition) is 4. The average molecular weight is 207 g/mol. The van der Waals surface area contributed by atoms with Gasteiger partial charge in [-0.1, -0.05) is 0 Å². The van der Waals surface area contributed by atoms with Crippen LogP contribution in [0.15, 0.2) is 0 Å². The van der Waals surface area contributed by atoms with Crippen LogP contribution in [0.1, 0.15) is 12.8 Å². The highest BCUT2D eigenvalue weighted by molar-refractivity contribution is 7.90. The molecule has 0 aromatic heterocycles. The lowest BCUT2D eigenvalue weighted by molar-refractivity contribution is 0.111. The molecule has 0 radical (unpaired) electrons. The van der Waals surface area contributed by atoms with Gasteiger partial charge in [0.25, 0.3) is 0 Å². The Balaban J connectivity index is 2.42. The Kier molecular flexibility index (Phi) is 3.70. The molecule has 0 bridgehead atoms. The van der Waals surface area contributed by atoms with E-state index in [1.165, 1.54) is 0 Å². The summed E-state index contributed by atoms with van der Waals surface area (Å²) >= 11 is 0. The molecule has 5 heteroatoms. The average Bonchev–Trinajstić information content (AvgIpc) is 2.03. The van der Waals surface area contributed by atoms with Crippen LogP contribution in [0.2, 0.25) is 0 Å². The highest BCUT2D eigenvalue weighted by Crippen LogP contribution is 2.15. The smallest absolute Gasteiger partial charge is 0.150 e. The van der Waals surface area contributed by atoms with Crippen LogP contribution in [0.4, 0.5) is 0 Å². The van der Waals surface area contributed by atoms with Crippen LogP contribution in [0.25, 0.3) is 0 Å². The van der Waals surface area contributed by atoms with Crippen LogP contribution < -0.4 is 5.32 Å². The summed E-state index contributed by atoms with van der Waals surface area (Å²) in [5.74, 6) is -0.0113. The molecule has 1 aliphatic rings. The zero-order chi connectivity index (χ0) is 9.90. The Labute approximate surface area is 79.3 Å². The molecule has 0 aromatic carbocycles. The zero-order valence-electron chi connectivity index (χ0n) is 7.86. The second-order valence-corrected chi connectivity index (χ2v) is 5.95. The van der Waals surface area contributed by atoms with Crippen LogP contribution >= 0.6 is 0 Å². The maximum Gasteiger partial charge on any atom is 0.150 e. The molecule has 0 aromatic rings. The van der Waals surface area contributed by atoms with Crippen molar-refractivity contribution in [3.63, 3.8) is 0 Å². The molecule has 4 nitrogen and oxygen atoms in total. The highest BCUT2D eigenvalue weighted by atomic mass is 32.2. The summed E-state index contributed by atoms with van der Waals surface area (Å²) in [5.41, 5.74) is 0. The molecular weight excluding hydrogens is 190 g/mol. The molecule has 1 rings (SSSR count). The molecule has 13 heavy (non-hydrogen) atoms. The second-order valence-electron chi connectivity index (χ2n) is 3.77. The minimum atomic E-state index is -3.05. The Morgan fingerprint density at radius 2 is 2.31 bits per heavy atom. The van der Waals surface area contributed by atoms with Crippen LogP contribution in [-0.2, 0) is 9.84 Å². The topological polar surface area (TPSA) is 66.4 Å². The molecule has 1 heterocycles. The van der Waals surface area contributed by atoms with Gasteiger partial charge in [0.15, 0.2) is 0 Å². The van der Waals surface area contributed by atoms with Crippen molar-refractivity contribution in [2.24, 2.45) is 5.92 Å². The number of nitrogens with one attached hydrogen (secondary N) is 1. The summed E-state index contributed by atoms with van der Waals surface area (Å²) in [6, 6.07) is 0. The number of aliphatic hydroxyl groups excluding tert-OH is 1. The standard InChI is InChI=1S/C8H17NO3S/c1-13(11,12)6-8(10)7-3-2-4-9-5-7/h7-10H,2-6H2,1H3/t7-,8+/m0/s1. The van der Waals surface area contributed by atoms with Gasteiger partial charge < -0.3 is 10.4 Å². The van der Waals surface area contributed by atoms with Crippen molar-refractivity contribution in [1.82, 2.24) is 5.32 Å². The van der Waals surface area contributed by atoms with E-state index in [2.05, 4.69) is 5.32 Å². The summed E-state index contributed by atoms with van der Waals surface area (Å²) < 4.78 is 21.8. The van der Waals surface area contributed by atoms with Crippen molar-refractivity contribution in [2.75, 3.05) is 25.1 Å². The van der Waals surface area contributed by atoms with Gasteiger partial charge in [-0.2, -0.15) is 0 Å². The van der Waals surface area contributed by atoms with Crippen molar-refractivity contribution in [2.45, 2.75) is 18.9 Å². The molecule has 1 aliphatic heterocycles. The molecule has 0 saturated carbocycles. The lowest BCUT2D eigenvalue weighted by Crippen LogP contribution is -2.39.